The average molecular weight is 286 g/mol. The van der Waals surface area contributed by atoms with Crippen molar-refractivity contribution in [2.75, 3.05) is 0 Å². The fourth-order valence-corrected chi connectivity index (χ4v) is 2.18. The van der Waals surface area contributed by atoms with Crippen molar-refractivity contribution in [1.29, 1.82) is 0 Å². The molecule has 21 heavy (non-hydrogen) atoms. The molecule has 0 aliphatic rings. The second-order valence-corrected chi connectivity index (χ2v) is 6.45. The third kappa shape index (κ3) is 4.97. The molecular weight excluding hydrogens is 260 g/mol. The van der Waals surface area contributed by atoms with Gasteiger partial charge in [0.2, 0.25) is 0 Å². The molecule has 4 nitrogen and oxygen atoms in total. The zero-order chi connectivity index (χ0) is 15.3. The Hall–Kier alpha value is -1.68. The molecule has 0 atom stereocenters. The Balaban J connectivity index is 2.05. The molecule has 0 saturated heterocycles. The highest BCUT2D eigenvalue weighted by Gasteiger charge is 2.09. The highest BCUT2D eigenvalue weighted by molar-refractivity contribution is 5.12. The van der Waals surface area contributed by atoms with Gasteiger partial charge < -0.3 is 9.88 Å². The van der Waals surface area contributed by atoms with Crippen LogP contribution in [-0.4, -0.2) is 20.1 Å². The van der Waals surface area contributed by atoms with Crippen molar-refractivity contribution in [1.82, 2.24) is 19.9 Å². The van der Waals surface area contributed by atoms with Gasteiger partial charge in [0, 0.05) is 30.9 Å². The van der Waals surface area contributed by atoms with E-state index in [9.17, 15) is 0 Å². The Morgan fingerprint density at radius 3 is 2.67 bits per heavy atom. The minimum absolute atomic E-state index is 0.107. The third-order valence-corrected chi connectivity index (χ3v) is 3.27. The van der Waals surface area contributed by atoms with Gasteiger partial charge in [0.1, 0.15) is 5.82 Å². The maximum atomic E-state index is 4.74. The first-order valence-electron chi connectivity index (χ1n) is 7.68. The van der Waals surface area contributed by atoms with E-state index in [2.05, 4.69) is 60.8 Å². The molecule has 0 radical (unpaired) electrons. The molecule has 0 bridgehead atoms. The largest absolute Gasteiger partial charge is 0.329 e. The number of aromatic nitrogens is 3. The van der Waals surface area contributed by atoms with Crippen LogP contribution >= 0.6 is 0 Å². The Morgan fingerprint density at radius 1 is 1.19 bits per heavy atom. The molecule has 0 unspecified atom stereocenters. The highest BCUT2D eigenvalue weighted by Crippen LogP contribution is 2.08. The molecule has 2 rings (SSSR count). The fourth-order valence-electron chi connectivity index (χ4n) is 2.18. The van der Waals surface area contributed by atoms with Gasteiger partial charge in [-0.15, -0.1) is 0 Å². The van der Waals surface area contributed by atoms with Crippen molar-refractivity contribution in [2.45, 2.75) is 59.2 Å². The van der Waals surface area contributed by atoms with Crippen LogP contribution < -0.4 is 5.32 Å². The summed E-state index contributed by atoms with van der Waals surface area (Å²) in [7, 11) is 0. The van der Waals surface area contributed by atoms with E-state index in [0.717, 1.165) is 43.1 Å². The summed E-state index contributed by atoms with van der Waals surface area (Å²) in [6.45, 7) is 10.3. The van der Waals surface area contributed by atoms with Crippen molar-refractivity contribution in [3.05, 3.63) is 47.8 Å². The molecule has 0 saturated carbocycles. The summed E-state index contributed by atoms with van der Waals surface area (Å²) in [4.78, 5) is 9.16. The van der Waals surface area contributed by atoms with Gasteiger partial charge >= 0.3 is 0 Å². The molecule has 0 amide bonds. The van der Waals surface area contributed by atoms with Gasteiger partial charge in [-0.25, -0.2) is 4.98 Å². The van der Waals surface area contributed by atoms with E-state index in [4.69, 9.17) is 4.98 Å². The van der Waals surface area contributed by atoms with Crippen LogP contribution in [0.2, 0.25) is 0 Å². The lowest BCUT2D eigenvalue weighted by molar-refractivity contribution is 0.421. The van der Waals surface area contributed by atoms with Gasteiger partial charge in [0.05, 0.1) is 17.9 Å². The normalized spacial score (nSPS) is 11.8. The second-order valence-electron chi connectivity index (χ2n) is 6.45. The monoisotopic (exact) mass is 286 g/mol. The van der Waals surface area contributed by atoms with E-state index >= 15 is 0 Å². The molecule has 0 aromatic carbocycles. The molecular formula is C17H26N4. The van der Waals surface area contributed by atoms with E-state index < -0.39 is 0 Å². The molecule has 0 aliphatic heterocycles. The first-order chi connectivity index (χ1) is 9.98. The van der Waals surface area contributed by atoms with Crippen molar-refractivity contribution < 1.29 is 0 Å². The van der Waals surface area contributed by atoms with Crippen LogP contribution in [0.5, 0.6) is 0 Å². The molecule has 0 spiro atoms. The van der Waals surface area contributed by atoms with Crippen LogP contribution in [0.1, 0.15) is 51.3 Å². The standard InChI is InChI=1S/C17H26N4/c1-5-7-16-18-10-11-21(16)13-15-9-6-8-14(20-15)12-19-17(2,3)4/h6,8-11,19H,5,7,12-13H2,1-4H3. The van der Waals surface area contributed by atoms with E-state index in [-0.39, 0.29) is 5.54 Å². The zero-order valence-corrected chi connectivity index (χ0v) is 13.6. The summed E-state index contributed by atoms with van der Waals surface area (Å²) in [5.74, 6) is 1.14. The topological polar surface area (TPSA) is 42.7 Å². The van der Waals surface area contributed by atoms with Crippen LogP contribution in [0.3, 0.4) is 0 Å². The minimum atomic E-state index is 0.107. The van der Waals surface area contributed by atoms with Gasteiger partial charge in [-0.3, -0.25) is 4.98 Å². The molecule has 2 aromatic rings. The summed E-state index contributed by atoms with van der Waals surface area (Å²) in [6, 6.07) is 6.23. The molecule has 4 heteroatoms. The van der Waals surface area contributed by atoms with Gasteiger partial charge in [0.25, 0.3) is 0 Å². The lowest BCUT2D eigenvalue weighted by Gasteiger charge is -2.20. The average Bonchev–Trinajstić information content (AvgIpc) is 2.84. The van der Waals surface area contributed by atoms with Gasteiger partial charge in [-0.1, -0.05) is 13.0 Å². The minimum Gasteiger partial charge on any atom is -0.329 e. The van der Waals surface area contributed by atoms with Crippen molar-refractivity contribution in [3.8, 4) is 0 Å². The summed E-state index contributed by atoms with van der Waals surface area (Å²) in [6.07, 6.45) is 6.03. The molecule has 2 aromatic heterocycles. The number of nitrogens with zero attached hydrogens (tertiary/aromatic N) is 3. The summed E-state index contributed by atoms with van der Waals surface area (Å²) in [5.41, 5.74) is 2.27. The number of nitrogens with one attached hydrogen (secondary N) is 1. The van der Waals surface area contributed by atoms with Crippen LogP contribution in [0.4, 0.5) is 0 Å². The molecule has 1 N–H and O–H groups in total. The lowest BCUT2D eigenvalue weighted by Crippen LogP contribution is -2.35. The number of pyridine rings is 1. The number of rotatable bonds is 6. The van der Waals surface area contributed by atoms with Crippen LogP contribution in [0.25, 0.3) is 0 Å². The predicted molar refractivity (Wildman–Crippen MR) is 86.2 cm³/mol. The molecule has 2 heterocycles. The van der Waals surface area contributed by atoms with E-state index in [1.807, 2.05) is 12.4 Å². The van der Waals surface area contributed by atoms with Crippen molar-refractivity contribution in [2.24, 2.45) is 0 Å². The van der Waals surface area contributed by atoms with Crippen molar-refractivity contribution in [3.63, 3.8) is 0 Å². The zero-order valence-electron chi connectivity index (χ0n) is 13.6. The highest BCUT2D eigenvalue weighted by atomic mass is 15.1. The third-order valence-electron chi connectivity index (χ3n) is 3.27. The first-order valence-corrected chi connectivity index (χ1v) is 7.68. The summed E-state index contributed by atoms with van der Waals surface area (Å²) >= 11 is 0. The second kappa shape index (κ2) is 6.85. The van der Waals surface area contributed by atoms with Crippen molar-refractivity contribution >= 4 is 0 Å². The number of hydrogen-bond acceptors (Lipinski definition) is 3. The molecule has 0 aliphatic carbocycles. The number of hydrogen-bond donors (Lipinski definition) is 1. The SMILES string of the molecule is CCCc1nccn1Cc1cccc(CNC(C)(C)C)n1. The Kier molecular flexibility index (Phi) is 5.12. The van der Waals surface area contributed by atoms with E-state index in [0.29, 0.717) is 0 Å². The smallest absolute Gasteiger partial charge is 0.108 e. The van der Waals surface area contributed by atoms with Crippen LogP contribution in [0, 0.1) is 0 Å². The summed E-state index contributed by atoms with van der Waals surface area (Å²) < 4.78 is 2.19. The van der Waals surface area contributed by atoms with E-state index in [1.54, 1.807) is 0 Å². The van der Waals surface area contributed by atoms with Crippen LogP contribution in [0.15, 0.2) is 30.6 Å². The number of imidazole rings is 1. The van der Waals surface area contributed by atoms with Crippen LogP contribution in [-0.2, 0) is 19.5 Å². The Labute approximate surface area is 127 Å². The fraction of sp³-hybridized carbons (Fsp3) is 0.529. The predicted octanol–water partition coefficient (Wildman–Crippen LogP) is 3.17. The lowest BCUT2D eigenvalue weighted by atomic mass is 10.1. The maximum absolute atomic E-state index is 4.74. The first kappa shape index (κ1) is 15.7. The maximum Gasteiger partial charge on any atom is 0.108 e. The molecule has 0 fully saturated rings. The Morgan fingerprint density at radius 2 is 1.95 bits per heavy atom. The van der Waals surface area contributed by atoms with Gasteiger partial charge in [-0.2, -0.15) is 0 Å². The Bertz CT molecular complexity index is 566. The van der Waals surface area contributed by atoms with Gasteiger partial charge in [-0.05, 0) is 39.3 Å². The summed E-state index contributed by atoms with van der Waals surface area (Å²) in [5, 5.41) is 3.47. The number of aryl methyl sites for hydroxylation is 1. The van der Waals surface area contributed by atoms with E-state index in [1.165, 1.54) is 0 Å². The van der Waals surface area contributed by atoms with Gasteiger partial charge in [0.15, 0.2) is 0 Å². The molecule has 114 valence electrons. The quantitative estimate of drug-likeness (QED) is 0.887.